The first-order chi connectivity index (χ1) is 6.98. The highest BCUT2D eigenvalue weighted by molar-refractivity contribution is 7.85. The average molecular weight is 250 g/mol. The van der Waals surface area contributed by atoms with E-state index in [4.69, 9.17) is 4.55 Å². The molecule has 2 N–H and O–H groups in total. The third-order valence-corrected chi connectivity index (χ3v) is 3.78. The van der Waals surface area contributed by atoms with E-state index in [0.29, 0.717) is 0 Å². The van der Waals surface area contributed by atoms with Crippen LogP contribution in [-0.4, -0.2) is 47.8 Å². The molecule has 1 atom stereocenters. The average Bonchev–Trinajstić information content (AvgIpc) is 2.24. The number of rotatable bonds is 3. The second kappa shape index (κ2) is 3.68. The molecule has 1 aliphatic heterocycles. The van der Waals surface area contributed by atoms with Crippen LogP contribution in [0.4, 0.5) is 0 Å². The Balaban J connectivity index is 2.84. The van der Waals surface area contributed by atoms with Crippen LogP contribution in [0.2, 0.25) is 0 Å². The molecule has 6 nitrogen and oxygen atoms in total. The van der Waals surface area contributed by atoms with E-state index >= 15 is 0 Å². The highest BCUT2D eigenvalue weighted by Crippen LogP contribution is 2.28. The molecule has 0 aromatic carbocycles. The summed E-state index contributed by atoms with van der Waals surface area (Å²) < 4.78 is 30.1. The van der Waals surface area contributed by atoms with E-state index in [-0.39, 0.29) is 12.3 Å². The summed E-state index contributed by atoms with van der Waals surface area (Å²) in [6, 6.07) is 0. The minimum absolute atomic E-state index is 0.0540. The van der Waals surface area contributed by atoms with Crippen molar-refractivity contribution >= 4 is 16.0 Å². The third-order valence-electron chi connectivity index (χ3n) is 3.06. The summed E-state index contributed by atoms with van der Waals surface area (Å²) in [4.78, 5) is 13.5. The molecule has 1 saturated heterocycles. The van der Waals surface area contributed by atoms with E-state index in [0.717, 1.165) is 0 Å². The molecule has 0 saturated carbocycles. The van der Waals surface area contributed by atoms with Crippen molar-refractivity contribution in [3.05, 3.63) is 0 Å². The molecular weight excluding hydrogens is 232 g/mol. The standard InChI is InChI=1S/C9H18N2O4S/c1-8(2)10-9(3,7(12)11(8)4)5-6-16(13,14)15/h10H,5-6H2,1-4H3,(H,13,14,15). The molecule has 16 heavy (non-hydrogen) atoms. The van der Waals surface area contributed by atoms with Gasteiger partial charge >= 0.3 is 0 Å². The predicted octanol–water partition coefficient (Wildman–Crippen LogP) is -0.179. The van der Waals surface area contributed by atoms with E-state index in [1.54, 1.807) is 14.0 Å². The van der Waals surface area contributed by atoms with E-state index in [9.17, 15) is 13.2 Å². The molecule has 7 heteroatoms. The SMILES string of the molecule is CN1C(=O)C(C)(CCS(=O)(=O)O)NC1(C)C. The van der Waals surface area contributed by atoms with Gasteiger partial charge in [-0.15, -0.1) is 0 Å². The molecule has 0 bridgehead atoms. The van der Waals surface area contributed by atoms with Gasteiger partial charge in [-0.05, 0) is 27.2 Å². The fourth-order valence-electron chi connectivity index (χ4n) is 1.94. The number of hydrogen-bond donors (Lipinski definition) is 2. The number of hydrogen-bond acceptors (Lipinski definition) is 4. The first-order valence-corrected chi connectivity index (χ1v) is 6.62. The van der Waals surface area contributed by atoms with Gasteiger partial charge in [0.05, 0.1) is 17.0 Å². The van der Waals surface area contributed by atoms with Crippen LogP contribution in [0.15, 0.2) is 0 Å². The first kappa shape index (κ1) is 13.4. The summed E-state index contributed by atoms with van der Waals surface area (Å²) in [7, 11) is -2.38. The van der Waals surface area contributed by atoms with Crippen molar-refractivity contribution in [3.8, 4) is 0 Å². The van der Waals surface area contributed by atoms with Gasteiger partial charge in [-0.2, -0.15) is 8.42 Å². The molecule has 1 rings (SSSR count). The molecule has 0 aromatic rings. The molecule has 94 valence electrons. The van der Waals surface area contributed by atoms with Gasteiger partial charge in [-0.1, -0.05) is 0 Å². The van der Waals surface area contributed by atoms with Crippen LogP contribution in [0.5, 0.6) is 0 Å². The van der Waals surface area contributed by atoms with Crippen molar-refractivity contribution < 1.29 is 17.8 Å². The second-order valence-corrected chi connectivity index (χ2v) is 6.49. The van der Waals surface area contributed by atoms with Gasteiger partial charge in [0, 0.05) is 7.05 Å². The minimum atomic E-state index is -4.04. The zero-order valence-corrected chi connectivity index (χ0v) is 10.8. The summed E-state index contributed by atoms with van der Waals surface area (Å²) in [6.07, 6.45) is 0.0540. The Bertz CT molecular complexity index is 404. The molecule has 1 heterocycles. The fraction of sp³-hybridized carbons (Fsp3) is 0.889. The maximum Gasteiger partial charge on any atom is 0.264 e. The van der Waals surface area contributed by atoms with Crippen LogP contribution in [0.25, 0.3) is 0 Å². The summed E-state index contributed by atoms with van der Waals surface area (Å²) in [5, 5.41) is 3.08. The van der Waals surface area contributed by atoms with Crippen molar-refractivity contribution in [2.24, 2.45) is 0 Å². The Hall–Kier alpha value is -0.660. The van der Waals surface area contributed by atoms with Crippen LogP contribution < -0.4 is 5.32 Å². The lowest BCUT2D eigenvalue weighted by molar-refractivity contribution is -0.132. The summed E-state index contributed by atoms with van der Waals surface area (Å²) in [5.74, 6) is -0.590. The topological polar surface area (TPSA) is 86.7 Å². The quantitative estimate of drug-likeness (QED) is 0.679. The van der Waals surface area contributed by atoms with Gasteiger partial charge in [0.15, 0.2) is 0 Å². The molecule has 0 aliphatic carbocycles. The molecule has 0 radical (unpaired) electrons. The van der Waals surface area contributed by atoms with Crippen LogP contribution in [0, 0.1) is 0 Å². The van der Waals surface area contributed by atoms with Crippen molar-refractivity contribution in [2.75, 3.05) is 12.8 Å². The Morgan fingerprint density at radius 2 is 1.88 bits per heavy atom. The predicted molar refractivity (Wildman–Crippen MR) is 59.4 cm³/mol. The minimum Gasteiger partial charge on any atom is -0.326 e. The molecule has 1 unspecified atom stereocenters. The van der Waals surface area contributed by atoms with E-state index in [2.05, 4.69) is 5.32 Å². The maximum atomic E-state index is 11.9. The normalized spacial score (nSPS) is 29.8. The van der Waals surface area contributed by atoms with Gasteiger partial charge in [0.2, 0.25) is 5.91 Å². The van der Waals surface area contributed by atoms with Crippen molar-refractivity contribution in [3.63, 3.8) is 0 Å². The zero-order valence-electron chi connectivity index (χ0n) is 9.94. The van der Waals surface area contributed by atoms with E-state index < -0.39 is 27.1 Å². The van der Waals surface area contributed by atoms with Gasteiger partial charge < -0.3 is 4.90 Å². The summed E-state index contributed by atoms with van der Waals surface area (Å²) in [6.45, 7) is 5.32. The van der Waals surface area contributed by atoms with Crippen LogP contribution in [0.3, 0.4) is 0 Å². The molecular formula is C9H18N2O4S. The Labute approximate surface area is 95.8 Å². The maximum absolute atomic E-state index is 11.9. The first-order valence-electron chi connectivity index (χ1n) is 5.01. The lowest BCUT2D eigenvalue weighted by atomic mass is 9.99. The summed E-state index contributed by atoms with van der Waals surface area (Å²) in [5.41, 5.74) is -1.45. The lowest BCUT2D eigenvalue weighted by Gasteiger charge is -2.27. The van der Waals surface area contributed by atoms with Crippen molar-refractivity contribution in [1.82, 2.24) is 10.2 Å². The van der Waals surface area contributed by atoms with Gasteiger partial charge in [0.25, 0.3) is 10.1 Å². The number of carbonyl (C=O) groups excluding carboxylic acids is 1. The zero-order chi connectivity index (χ0) is 12.8. The monoisotopic (exact) mass is 250 g/mol. The number of nitrogens with one attached hydrogen (secondary N) is 1. The smallest absolute Gasteiger partial charge is 0.264 e. The van der Waals surface area contributed by atoms with Crippen LogP contribution >= 0.6 is 0 Å². The molecule has 0 aromatic heterocycles. The molecule has 1 fully saturated rings. The number of carbonyl (C=O) groups is 1. The number of likely N-dealkylation sites (N-methyl/N-ethyl adjacent to an activating group) is 1. The van der Waals surface area contributed by atoms with Crippen LogP contribution in [-0.2, 0) is 14.9 Å². The van der Waals surface area contributed by atoms with E-state index in [1.807, 2.05) is 13.8 Å². The second-order valence-electron chi connectivity index (χ2n) is 4.92. The number of amides is 1. The third kappa shape index (κ3) is 2.53. The van der Waals surface area contributed by atoms with Crippen molar-refractivity contribution in [1.29, 1.82) is 0 Å². The molecule has 1 aliphatic rings. The van der Waals surface area contributed by atoms with Gasteiger partial charge in [-0.3, -0.25) is 14.7 Å². The lowest BCUT2D eigenvalue weighted by Crippen LogP contribution is -2.49. The largest absolute Gasteiger partial charge is 0.326 e. The van der Waals surface area contributed by atoms with Gasteiger partial charge in [0.1, 0.15) is 0 Å². The van der Waals surface area contributed by atoms with Crippen LogP contribution in [0.1, 0.15) is 27.2 Å². The Morgan fingerprint density at radius 3 is 2.19 bits per heavy atom. The highest BCUT2D eigenvalue weighted by Gasteiger charge is 2.50. The van der Waals surface area contributed by atoms with E-state index in [1.165, 1.54) is 4.90 Å². The fourth-order valence-corrected chi connectivity index (χ4v) is 2.61. The Kier molecular flexibility index (Phi) is 3.08. The summed E-state index contributed by atoms with van der Waals surface area (Å²) >= 11 is 0. The Morgan fingerprint density at radius 1 is 1.38 bits per heavy atom. The molecule has 0 spiro atoms. The van der Waals surface area contributed by atoms with Gasteiger partial charge in [-0.25, -0.2) is 0 Å². The highest BCUT2D eigenvalue weighted by atomic mass is 32.2. The number of nitrogens with zero attached hydrogens (tertiary/aromatic N) is 1. The molecule has 1 amide bonds. The van der Waals surface area contributed by atoms with Crippen molar-refractivity contribution in [2.45, 2.75) is 38.4 Å².